The normalized spacial score (nSPS) is 14.3. The highest BCUT2D eigenvalue weighted by atomic mass is 16.2. The number of carbonyl (C=O) groups excluding carboxylic acids is 3. The molecule has 2 rings (SSSR count). The number of hydrogen-bond acceptors (Lipinski definition) is 4. The Bertz CT molecular complexity index is 488. The monoisotopic (exact) mass is 276 g/mol. The summed E-state index contributed by atoms with van der Waals surface area (Å²) in [5.74, 6) is -0.702. The van der Waals surface area contributed by atoms with E-state index in [1.807, 2.05) is 12.1 Å². The Morgan fingerprint density at radius 3 is 2.75 bits per heavy atom. The molecule has 1 aliphatic rings. The van der Waals surface area contributed by atoms with Crippen LogP contribution in [0.5, 0.6) is 0 Å². The lowest BCUT2D eigenvalue weighted by Gasteiger charge is -2.12. The Labute approximate surface area is 116 Å². The second kappa shape index (κ2) is 6.65. The molecule has 0 aromatic carbocycles. The molecule has 0 bridgehead atoms. The summed E-state index contributed by atoms with van der Waals surface area (Å²) in [4.78, 5) is 39.0. The quantitative estimate of drug-likeness (QED) is 0.550. The van der Waals surface area contributed by atoms with Crippen molar-refractivity contribution in [1.29, 1.82) is 0 Å². The van der Waals surface area contributed by atoms with Crippen molar-refractivity contribution in [3.05, 3.63) is 30.1 Å². The van der Waals surface area contributed by atoms with Crippen molar-refractivity contribution in [2.45, 2.75) is 12.8 Å². The predicted octanol–water partition coefficient (Wildman–Crippen LogP) is -0.318. The number of amides is 4. The predicted molar refractivity (Wildman–Crippen MR) is 70.7 cm³/mol. The first kappa shape index (κ1) is 14.0. The van der Waals surface area contributed by atoms with Crippen LogP contribution in [0.4, 0.5) is 4.79 Å². The van der Waals surface area contributed by atoms with Crippen LogP contribution in [0.3, 0.4) is 0 Å². The second-order valence-electron chi connectivity index (χ2n) is 4.45. The van der Waals surface area contributed by atoms with Crippen molar-refractivity contribution in [2.24, 2.45) is 0 Å². The van der Waals surface area contributed by atoms with Crippen LogP contribution in [-0.4, -0.2) is 47.4 Å². The number of hydrogen-bond donors (Lipinski definition) is 2. The average molecular weight is 276 g/mol. The lowest BCUT2D eigenvalue weighted by molar-refractivity contribution is -0.130. The highest BCUT2D eigenvalue weighted by Crippen LogP contribution is 2.00. The molecule has 7 heteroatoms. The van der Waals surface area contributed by atoms with E-state index in [-0.39, 0.29) is 24.9 Å². The van der Waals surface area contributed by atoms with Gasteiger partial charge in [0.25, 0.3) is 5.91 Å². The fourth-order valence-corrected chi connectivity index (χ4v) is 1.88. The Kier molecular flexibility index (Phi) is 4.65. The zero-order chi connectivity index (χ0) is 14.4. The lowest BCUT2D eigenvalue weighted by atomic mass is 10.1. The zero-order valence-electron chi connectivity index (χ0n) is 11.0. The summed E-state index contributed by atoms with van der Waals surface area (Å²) in [7, 11) is 0. The Morgan fingerprint density at radius 2 is 2.10 bits per heavy atom. The summed E-state index contributed by atoms with van der Waals surface area (Å²) in [5.41, 5.74) is 1.16. The summed E-state index contributed by atoms with van der Waals surface area (Å²) in [6.07, 6.45) is 5.08. The van der Waals surface area contributed by atoms with Gasteiger partial charge < -0.3 is 10.6 Å². The van der Waals surface area contributed by atoms with E-state index in [0.29, 0.717) is 6.54 Å². The lowest BCUT2D eigenvalue weighted by Crippen LogP contribution is -2.41. The van der Waals surface area contributed by atoms with Gasteiger partial charge in [0, 0.05) is 18.9 Å². The van der Waals surface area contributed by atoms with Crippen LogP contribution in [0.15, 0.2) is 24.5 Å². The number of urea groups is 1. The molecular formula is C13H16N4O3. The van der Waals surface area contributed by atoms with E-state index in [4.69, 9.17) is 0 Å². The molecule has 7 nitrogen and oxygen atoms in total. The smallest absolute Gasteiger partial charge is 0.325 e. The summed E-state index contributed by atoms with van der Waals surface area (Å²) in [6.45, 7) is 0.249. The van der Waals surface area contributed by atoms with Gasteiger partial charge in [0.05, 0.1) is 6.54 Å². The highest BCUT2D eigenvalue weighted by Gasteiger charge is 2.29. The minimum atomic E-state index is -0.512. The van der Waals surface area contributed by atoms with Gasteiger partial charge in [0.15, 0.2) is 0 Å². The maximum atomic E-state index is 11.6. The van der Waals surface area contributed by atoms with Gasteiger partial charge in [-0.3, -0.25) is 19.5 Å². The van der Waals surface area contributed by atoms with Gasteiger partial charge in [0.2, 0.25) is 5.91 Å². The average Bonchev–Trinajstić information content (AvgIpc) is 2.77. The highest BCUT2D eigenvalue weighted by molar-refractivity contribution is 6.04. The summed E-state index contributed by atoms with van der Waals surface area (Å²) in [5, 5.41) is 5.06. The van der Waals surface area contributed by atoms with Crippen LogP contribution < -0.4 is 10.6 Å². The standard InChI is InChI=1S/C13H16N4O3/c18-11(9-17-12(19)8-16-13(17)20)15-5-1-2-10-3-6-14-7-4-10/h3-4,6-7H,1-2,5,8-9H2,(H,15,18)(H,16,20). The van der Waals surface area contributed by atoms with E-state index < -0.39 is 6.03 Å². The molecule has 0 saturated carbocycles. The van der Waals surface area contributed by atoms with Gasteiger partial charge in [-0.15, -0.1) is 0 Å². The second-order valence-corrected chi connectivity index (χ2v) is 4.45. The molecule has 2 heterocycles. The fraction of sp³-hybridized carbons (Fsp3) is 0.385. The van der Waals surface area contributed by atoms with Crippen LogP contribution in [0.1, 0.15) is 12.0 Å². The SMILES string of the molecule is O=C(CN1C(=O)CNC1=O)NCCCc1ccncc1. The topological polar surface area (TPSA) is 91.4 Å². The van der Waals surface area contributed by atoms with Crippen molar-refractivity contribution in [3.8, 4) is 0 Å². The molecule has 0 atom stereocenters. The van der Waals surface area contributed by atoms with Crippen molar-refractivity contribution >= 4 is 17.8 Å². The van der Waals surface area contributed by atoms with Crippen molar-refractivity contribution in [3.63, 3.8) is 0 Å². The van der Waals surface area contributed by atoms with Gasteiger partial charge in [-0.05, 0) is 30.5 Å². The van der Waals surface area contributed by atoms with Crippen molar-refractivity contribution in [2.75, 3.05) is 19.6 Å². The zero-order valence-corrected chi connectivity index (χ0v) is 11.0. The fourth-order valence-electron chi connectivity index (χ4n) is 1.88. The summed E-state index contributed by atoms with van der Waals surface area (Å²) in [6, 6.07) is 3.34. The molecule has 2 N–H and O–H groups in total. The Hall–Kier alpha value is -2.44. The molecular weight excluding hydrogens is 260 g/mol. The molecule has 106 valence electrons. The number of carbonyl (C=O) groups is 3. The molecule has 20 heavy (non-hydrogen) atoms. The number of aryl methyl sites for hydroxylation is 1. The molecule has 1 saturated heterocycles. The number of nitrogens with zero attached hydrogens (tertiary/aromatic N) is 2. The molecule has 4 amide bonds. The maximum Gasteiger partial charge on any atom is 0.325 e. The van der Waals surface area contributed by atoms with Crippen molar-refractivity contribution in [1.82, 2.24) is 20.5 Å². The molecule has 0 unspecified atom stereocenters. The molecule has 0 spiro atoms. The number of nitrogens with one attached hydrogen (secondary N) is 2. The number of rotatable bonds is 6. The third-order valence-corrected chi connectivity index (χ3v) is 2.95. The largest absolute Gasteiger partial charge is 0.355 e. The molecule has 1 fully saturated rings. The number of aromatic nitrogens is 1. The number of imide groups is 1. The first-order chi connectivity index (χ1) is 9.66. The molecule has 1 aliphatic heterocycles. The first-order valence-electron chi connectivity index (χ1n) is 6.40. The van der Waals surface area contributed by atoms with E-state index in [1.165, 1.54) is 0 Å². The summed E-state index contributed by atoms with van der Waals surface area (Å²) >= 11 is 0. The Morgan fingerprint density at radius 1 is 1.35 bits per heavy atom. The van der Waals surface area contributed by atoms with Crippen molar-refractivity contribution < 1.29 is 14.4 Å². The van der Waals surface area contributed by atoms with Gasteiger partial charge in [-0.1, -0.05) is 0 Å². The minimum Gasteiger partial charge on any atom is -0.355 e. The van der Waals surface area contributed by atoms with E-state index in [9.17, 15) is 14.4 Å². The van der Waals surface area contributed by atoms with E-state index in [2.05, 4.69) is 15.6 Å². The van der Waals surface area contributed by atoms with Gasteiger partial charge >= 0.3 is 6.03 Å². The van der Waals surface area contributed by atoms with E-state index >= 15 is 0 Å². The first-order valence-corrected chi connectivity index (χ1v) is 6.40. The minimum absolute atomic E-state index is 0.0336. The number of pyridine rings is 1. The van der Waals surface area contributed by atoms with E-state index in [1.54, 1.807) is 12.4 Å². The van der Waals surface area contributed by atoms with Crippen LogP contribution in [0, 0.1) is 0 Å². The van der Waals surface area contributed by atoms with Gasteiger partial charge in [0.1, 0.15) is 6.54 Å². The molecule has 1 aromatic rings. The molecule has 0 aliphatic carbocycles. The van der Waals surface area contributed by atoms with E-state index in [0.717, 1.165) is 23.3 Å². The third-order valence-electron chi connectivity index (χ3n) is 2.95. The third kappa shape index (κ3) is 3.78. The Balaban J connectivity index is 1.65. The van der Waals surface area contributed by atoms with Gasteiger partial charge in [-0.25, -0.2) is 4.79 Å². The van der Waals surface area contributed by atoms with Crippen LogP contribution >= 0.6 is 0 Å². The van der Waals surface area contributed by atoms with Crippen LogP contribution in [-0.2, 0) is 16.0 Å². The van der Waals surface area contributed by atoms with Crippen LogP contribution in [0.2, 0.25) is 0 Å². The summed E-state index contributed by atoms with van der Waals surface area (Å²) < 4.78 is 0. The molecule has 0 radical (unpaired) electrons. The van der Waals surface area contributed by atoms with Crippen LogP contribution in [0.25, 0.3) is 0 Å². The molecule has 1 aromatic heterocycles. The maximum absolute atomic E-state index is 11.6. The van der Waals surface area contributed by atoms with Gasteiger partial charge in [-0.2, -0.15) is 0 Å².